The van der Waals surface area contributed by atoms with Gasteiger partial charge in [0.05, 0.1) is 12.6 Å². The summed E-state index contributed by atoms with van der Waals surface area (Å²) in [5.41, 5.74) is 1.89. The van der Waals surface area contributed by atoms with Gasteiger partial charge in [-0.05, 0) is 22.6 Å². The molecule has 2 rings (SSSR count). The maximum absolute atomic E-state index is 11.8. The molecule has 6 heteroatoms. The lowest BCUT2D eigenvalue weighted by Crippen LogP contribution is -2.43. The topological polar surface area (TPSA) is 79.2 Å². The molecule has 2 amide bonds. The van der Waals surface area contributed by atoms with Gasteiger partial charge in [0.25, 0.3) is 0 Å². The summed E-state index contributed by atoms with van der Waals surface area (Å²) < 4.78 is 1.85. The second kappa shape index (κ2) is 7.97. The lowest BCUT2D eigenvalue weighted by molar-refractivity contribution is 0.0650. The van der Waals surface area contributed by atoms with E-state index in [4.69, 9.17) is 0 Å². The van der Waals surface area contributed by atoms with Crippen LogP contribution in [0.1, 0.15) is 31.9 Å². The van der Waals surface area contributed by atoms with Crippen molar-refractivity contribution in [3.63, 3.8) is 0 Å². The smallest absolute Gasteiger partial charge is 0.315 e. The van der Waals surface area contributed by atoms with E-state index in [1.165, 1.54) is 0 Å². The molecule has 1 aromatic carbocycles. The van der Waals surface area contributed by atoms with Gasteiger partial charge in [-0.1, -0.05) is 45.0 Å². The van der Waals surface area contributed by atoms with Crippen molar-refractivity contribution in [1.29, 1.82) is 0 Å². The predicted octanol–water partition coefficient (Wildman–Crippen LogP) is 2.14. The van der Waals surface area contributed by atoms with Crippen LogP contribution in [0.3, 0.4) is 0 Å². The van der Waals surface area contributed by atoms with Gasteiger partial charge >= 0.3 is 6.03 Å². The van der Waals surface area contributed by atoms with Crippen molar-refractivity contribution < 1.29 is 9.90 Å². The highest BCUT2D eigenvalue weighted by Crippen LogP contribution is 2.18. The number of aliphatic hydroxyl groups excluding tert-OH is 1. The van der Waals surface area contributed by atoms with E-state index in [0.717, 1.165) is 11.1 Å². The highest BCUT2D eigenvalue weighted by molar-refractivity contribution is 5.73. The second-order valence-corrected chi connectivity index (χ2v) is 6.97. The van der Waals surface area contributed by atoms with Crippen molar-refractivity contribution in [2.75, 3.05) is 6.54 Å². The third-order valence-electron chi connectivity index (χ3n) is 3.80. The Hall–Kier alpha value is -2.34. The van der Waals surface area contributed by atoms with Gasteiger partial charge in [0.1, 0.15) is 0 Å². The van der Waals surface area contributed by atoms with Gasteiger partial charge in [0.2, 0.25) is 0 Å². The lowest BCUT2D eigenvalue weighted by Gasteiger charge is -2.25. The molecule has 0 aliphatic carbocycles. The molecule has 0 saturated carbocycles. The van der Waals surface area contributed by atoms with Crippen molar-refractivity contribution in [1.82, 2.24) is 20.4 Å². The normalized spacial score (nSPS) is 12.7. The summed E-state index contributed by atoms with van der Waals surface area (Å²) in [6.07, 6.45) is 3.08. The van der Waals surface area contributed by atoms with E-state index in [1.807, 2.05) is 62.0 Å². The summed E-state index contributed by atoms with van der Waals surface area (Å²) in [5.74, 6) is 0. The molecule has 1 heterocycles. The number of benzene rings is 1. The first-order chi connectivity index (χ1) is 11.3. The number of nitrogens with zero attached hydrogens (tertiary/aromatic N) is 2. The summed E-state index contributed by atoms with van der Waals surface area (Å²) >= 11 is 0. The van der Waals surface area contributed by atoms with Crippen molar-refractivity contribution in [2.45, 2.75) is 40.0 Å². The quantitative estimate of drug-likeness (QED) is 0.759. The molecule has 0 radical (unpaired) electrons. The number of aromatic nitrogens is 2. The molecule has 3 N–H and O–H groups in total. The second-order valence-electron chi connectivity index (χ2n) is 6.97. The molecule has 0 spiro atoms. The van der Waals surface area contributed by atoms with Crippen LogP contribution in [-0.4, -0.2) is 33.6 Å². The molecule has 0 aliphatic rings. The van der Waals surface area contributed by atoms with Crippen molar-refractivity contribution in [2.24, 2.45) is 5.41 Å². The summed E-state index contributed by atoms with van der Waals surface area (Å²) in [6.45, 7) is 7.16. The van der Waals surface area contributed by atoms with Crippen molar-refractivity contribution in [3.05, 3.63) is 53.9 Å². The number of urea groups is 1. The molecule has 1 atom stereocenters. The number of carbonyl (C=O) groups excluding carboxylic acids is 1. The predicted molar refractivity (Wildman–Crippen MR) is 93.5 cm³/mol. The molecule has 0 bridgehead atoms. The third-order valence-corrected chi connectivity index (χ3v) is 3.80. The fraction of sp³-hybridized carbons (Fsp3) is 0.444. The zero-order chi connectivity index (χ0) is 17.6. The Labute approximate surface area is 142 Å². The van der Waals surface area contributed by atoms with Crippen LogP contribution < -0.4 is 10.6 Å². The van der Waals surface area contributed by atoms with Crippen LogP contribution in [0.2, 0.25) is 0 Å². The van der Waals surface area contributed by atoms with Gasteiger partial charge in [-0.2, -0.15) is 5.10 Å². The molecule has 1 aromatic heterocycles. The summed E-state index contributed by atoms with van der Waals surface area (Å²) in [6, 6.07) is 9.63. The monoisotopic (exact) mass is 330 g/mol. The maximum atomic E-state index is 11.8. The van der Waals surface area contributed by atoms with E-state index in [-0.39, 0.29) is 18.0 Å². The first-order valence-electron chi connectivity index (χ1n) is 8.09. The van der Waals surface area contributed by atoms with E-state index in [9.17, 15) is 9.90 Å². The van der Waals surface area contributed by atoms with Crippen molar-refractivity contribution >= 4 is 6.03 Å². The van der Waals surface area contributed by atoms with Gasteiger partial charge < -0.3 is 15.7 Å². The number of hydrogen-bond acceptors (Lipinski definition) is 3. The van der Waals surface area contributed by atoms with Crippen LogP contribution in [0.4, 0.5) is 4.79 Å². The SMILES string of the molecule is CC(C)(C)C(O)CNC(=O)NCc1cccc(Cn2cccn2)c1. The fourth-order valence-corrected chi connectivity index (χ4v) is 2.16. The number of aliphatic hydroxyl groups is 1. The molecule has 6 nitrogen and oxygen atoms in total. The zero-order valence-corrected chi connectivity index (χ0v) is 14.5. The fourth-order valence-electron chi connectivity index (χ4n) is 2.16. The molecule has 0 saturated heterocycles. The van der Waals surface area contributed by atoms with Crippen LogP contribution in [0.25, 0.3) is 0 Å². The maximum Gasteiger partial charge on any atom is 0.315 e. The Morgan fingerprint density at radius 3 is 2.67 bits per heavy atom. The number of nitrogens with one attached hydrogen (secondary N) is 2. The Kier molecular flexibility index (Phi) is 5.98. The first-order valence-corrected chi connectivity index (χ1v) is 8.09. The Bertz CT molecular complexity index is 647. The van der Waals surface area contributed by atoms with Gasteiger partial charge in [-0.15, -0.1) is 0 Å². The number of hydrogen-bond donors (Lipinski definition) is 3. The lowest BCUT2D eigenvalue weighted by atomic mass is 9.89. The number of amides is 2. The van der Waals surface area contributed by atoms with Crippen LogP contribution >= 0.6 is 0 Å². The number of rotatable bonds is 6. The summed E-state index contributed by atoms with van der Waals surface area (Å²) in [4.78, 5) is 11.8. The minimum absolute atomic E-state index is 0.231. The molecule has 130 valence electrons. The highest BCUT2D eigenvalue weighted by Gasteiger charge is 2.22. The molecule has 0 fully saturated rings. The van der Waals surface area contributed by atoms with Gasteiger partial charge in [-0.25, -0.2) is 4.79 Å². The molecular formula is C18H26N4O2. The molecule has 2 aromatic rings. The first kappa shape index (κ1) is 18.0. The summed E-state index contributed by atoms with van der Waals surface area (Å²) in [7, 11) is 0. The van der Waals surface area contributed by atoms with E-state index in [0.29, 0.717) is 13.1 Å². The third kappa shape index (κ3) is 5.70. The Morgan fingerprint density at radius 1 is 1.25 bits per heavy atom. The minimum Gasteiger partial charge on any atom is -0.391 e. The molecular weight excluding hydrogens is 304 g/mol. The molecule has 0 aliphatic heterocycles. The Morgan fingerprint density at radius 2 is 2.00 bits per heavy atom. The van der Waals surface area contributed by atoms with Gasteiger partial charge in [-0.3, -0.25) is 4.68 Å². The zero-order valence-electron chi connectivity index (χ0n) is 14.5. The van der Waals surface area contributed by atoms with E-state index in [1.54, 1.807) is 6.20 Å². The highest BCUT2D eigenvalue weighted by atomic mass is 16.3. The van der Waals surface area contributed by atoms with Crippen molar-refractivity contribution in [3.8, 4) is 0 Å². The van der Waals surface area contributed by atoms with Crippen LogP contribution in [0.5, 0.6) is 0 Å². The molecule has 1 unspecified atom stereocenters. The van der Waals surface area contributed by atoms with Gasteiger partial charge in [0.15, 0.2) is 0 Å². The minimum atomic E-state index is -0.583. The van der Waals surface area contributed by atoms with E-state index < -0.39 is 6.10 Å². The standard InChI is InChI=1S/C18H26N4O2/c1-18(2,3)16(23)12-20-17(24)19-11-14-6-4-7-15(10-14)13-22-9-5-8-21-22/h4-10,16,23H,11-13H2,1-3H3,(H2,19,20,24). The Balaban J connectivity index is 1.80. The largest absolute Gasteiger partial charge is 0.391 e. The van der Waals surface area contributed by atoms with Crippen LogP contribution in [0.15, 0.2) is 42.7 Å². The van der Waals surface area contributed by atoms with Gasteiger partial charge in [0, 0.05) is 25.5 Å². The average molecular weight is 330 g/mol. The average Bonchev–Trinajstić information content (AvgIpc) is 3.03. The van der Waals surface area contributed by atoms with Crippen LogP contribution in [0, 0.1) is 5.41 Å². The van der Waals surface area contributed by atoms with E-state index in [2.05, 4.69) is 15.7 Å². The molecule has 24 heavy (non-hydrogen) atoms. The van der Waals surface area contributed by atoms with Crippen LogP contribution in [-0.2, 0) is 13.1 Å². The van der Waals surface area contributed by atoms with E-state index >= 15 is 0 Å². The summed E-state index contributed by atoms with van der Waals surface area (Å²) in [5, 5.41) is 19.6. The number of carbonyl (C=O) groups is 1.